The van der Waals surface area contributed by atoms with E-state index in [9.17, 15) is 4.79 Å². The third-order valence-electron chi connectivity index (χ3n) is 3.93. The molecule has 1 heterocycles. The van der Waals surface area contributed by atoms with Crippen molar-refractivity contribution in [3.8, 4) is 0 Å². The molecule has 0 unspecified atom stereocenters. The number of aryl methyl sites for hydroxylation is 1. The number of carbonyl (C=O) groups excluding carboxylic acids is 1. The van der Waals surface area contributed by atoms with Crippen LogP contribution < -0.4 is 5.32 Å². The minimum atomic E-state index is -0.165. The molecular formula is C17H23ClN4O2. The Bertz CT molecular complexity index is 670. The van der Waals surface area contributed by atoms with Gasteiger partial charge in [0.15, 0.2) is 0 Å². The zero-order valence-corrected chi connectivity index (χ0v) is 14.8. The van der Waals surface area contributed by atoms with Gasteiger partial charge in [-0.3, -0.25) is 4.68 Å². The van der Waals surface area contributed by atoms with Crippen LogP contribution in [0.25, 0.3) is 0 Å². The van der Waals surface area contributed by atoms with Gasteiger partial charge in [-0.2, -0.15) is 5.10 Å². The summed E-state index contributed by atoms with van der Waals surface area (Å²) in [4.78, 5) is 14.2. The first-order valence-electron chi connectivity index (χ1n) is 7.87. The monoisotopic (exact) mass is 350 g/mol. The number of nitrogens with one attached hydrogen (secondary N) is 1. The summed E-state index contributed by atoms with van der Waals surface area (Å²) in [6.45, 7) is 3.39. The summed E-state index contributed by atoms with van der Waals surface area (Å²) in [7, 11) is 1.87. The number of aromatic nitrogens is 2. The second-order valence-electron chi connectivity index (χ2n) is 5.66. The zero-order valence-electron chi connectivity index (χ0n) is 14.0. The van der Waals surface area contributed by atoms with Crippen LogP contribution in [0.4, 0.5) is 4.79 Å². The van der Waals surface area contributed by atoms with Gasteiger partial charge in [-0.15, -0.1) is 0 Å². The van der Waals surface area contributed by atoms with Crippen molar-refractivity contribution in [1.29, 1.82) is 0 Å². The lowest BCUT2D eigenvalue weighted by Gasteiger charge is -2.23. The average Bonchev–Trinajstić information content (AvgIpc) is 2.90. The van der Waals surface area contributed by atoms with Crippen molar-refractivity contribution in [2.75, 3.05) is 13.2 Å². The van der Waals surface area contributed by atoms with Gasteiger partial charge >= 0.3 is 6.03 Å². The Balaban J connectivity index is 1.98. The molecule has 0 saturated heterocycles. The smallest absolute Gasteiger partial charge is 0.317 e. The quantitative estimate of drug-likeness (QED) is 0.806. The van der Waals surface area contributed by atoms with Gasteiger partial charge in [-0.1, -0.05) is 23.7 Å². The molecule has 0 aliphatic rings. The predicted octanol–water partition coefficient (Wildman–Crippen LogP) is 2.48. The van der Waals surface area contributed by atoms with Crippen LogP contribution in [0.2, 0.25) is 5.02 Å². The molecule has 0 atom stereocenters. The number of hydrogen-bond donors (Lipinski definition) is 2. The Morgan fingerprint density at radius 1 is 1.38 bits per heavy atom. The molecule has 0 aliphatic carbocycles. The lowest BCUT2D eigenvalue weighted by Crippen LogP contribution is -2.40. The van der Waals surface area contributed by atoms with E-state index in [4.69, 9.17) is 16.7 Å². The normalized spacial score (nSPS) is 10.7. The number of benzene rings is 1. The van der Waals surface area contributed by atoms with Crippen LogP contribution in [0.3, 0.4) is 0 Å². The molecular weight excluding hydrogens is 328 g/mol. The Morgan fingerprint density at radius 3 is 2.67 bits per heavy atom. The van der Waals surface area contributed by atoms with Gasteiger partial charge in [0.1, 0.15) is 0 Å². The van der Waals surface area contributed by atoms with E-state index in [2.05, 4.69) is 10.4 Å². The maximum atomic E-state index is 12.5. The maximum Gasteiger partial charge on any atom is 0.317 e. The van der Waals surface area contributed by atoms with Crippen LogP contribution in [-0.4, -0.2) is 39.0 Å². The van der Waals surface area contributed by atoms with Crippen molar-refractivity contribution in [1.82, 2.24) is 20.0 Å². The van der Waals surface area contributed by atoms with Crippen LogP contribution >= 0.6 is 11.6 Å². The minimum absolute atomic E-state index is 0.0477. The summed E-state index contributed by atoms with van der Waals surface area (Å²) in [5.41, 5.74) is 3.00. The van der Waals surface area contributed by atoms with Gasteiger partial charge in [-0.05, 0) is 31.0 Å². The molecule has 130 valence electrons. The van der Waals surface area contributed by atoms with Crippen molar-refractivity contribution in [3.05, 3.63) is 52.3 Å². The summed E-state index contributed by atoms with van der Waals surface area (Å²) >= 11 is 5.89. The summed E-state index contributed by atoms with van der Waals surface area (Å²) in [5.74, 6) is 0. The molecule has 0 spiro atoms. The van der Waals surface area contributed by atoms with E-state index in [1.54, 1.807) is 27.9 Å². The number of amides is 2. The number of halogens is 1. The van der Waals surface area contributed by atoms with Crippen LogP contribution in [0.1, 0.15) is 23.2 Å². The van der Waals surface area contributed by atoms with E-state index in [0.717, 1.165) is 16.8 Å². The molecule has 2 amide bonds. The van der Waals surface area contributed by atoms with Gasteiger partial charge < -0.3 is 15.3 Å². The first-order valence-corrected chi connectivity index (χ1v) is 8.24. The highest BCUT2D eigenvalue weighted by Gasteiger charge is 2.14. The molecule has 0 saturated carbocycles. The van der Waals surface area contributed by atoms with E-state index in [1.165, 1.54) is 0 Å². The fourth-order valence-electron chi connectivity index (χ4n) is 2.32. The Morgan fingerprint density at radius 2 is 2.08 bits per heavy atom. The molecule has 0 bridgehead atoms. The zero-order chi connectivity index (χ0) is 17.5. The van der Waals surface area contributed by atoms with Crippen molar-refractivity contribution in [2.24, 2.45) is 7.05 Å². The lowest BCUT2D eigenvalue weighted by atomic mass is 10.2. The summed E-state index contributed by atoms with van der Waals surface area (Å²) in [6.07, 6.45) is 2.29. The predicted molar refractivity (Wildman–Crippen MR) is 93.7 cm³/mol. The van der Waals surface area contributed by atoms with E-state index < -0.39 is 0 Å². The fraction of sp³-hybridized carbons (Fsp3) is 0.412. The van der Waals surface area contributed by atoms with E-state index in [1.807, 2.05) is 26.1 Å². The van der Waals surface area contributed by atoms with E-state index >= 15 is 0 Å². The number of aliphatic hydroxyl groups excluding tert-OH is 1. The number of carbonyl (C=O) groups is 1. The summed E-state index contributed by atoms with van der Waals surface area (Å²) < 4.78 is 1.78. The first kappa shape index (κ1) is 18.3. The molecule has 0 fully saturated rings. The number of urea groups is 1. The molecule has 2 N–H and O–H groups in total. The van der Waals surface area contributed by atoms with Gasteiger partial charge in [-0.25, -0.2) is 4.79 Å². The van der Waals surface area contributed by atoms with Crippen LogP contribution in [0, 0.1) is 6.92 Å². The van der Waals surface area contributed by atoms with Crippen LogP contribution in [-0.2, 0) is 20.1 Å². The highest BCUT2D eigenvalue weighted by atomic mass is 35.5. The number of nitrogens with zero attached hydrogens (tertiary/aromatic N) is 3. The van der Waals surface area contributed by atoms with Gasteiger partial charge in [0.25, 0.3) is 0 Å². The molecule has 7 heteroatoms. The fourth-order valence-corrected chi connectivity index (χ4v) is 2.45. The second-order valence-corrected chi connectivity index (χ2v) is 6.10. The summed E-state index contributed by atoms with van der Waals surface area (Å²) in [5, 5.41) is 16.8. The molecule has 0 radical (unpaired) electrons. The van der Waals surface area contributed by atoms with Crippen molar-refractivity contribution in [3.63, 3.8) is 0 Å². The van der Waals surface area contributed by atoms with Crippen LogP contribution in [0.15, 0.2) is 30.5 Å². The minimum Gasteiger partial charge on any atom is -0.396 e. The molecule has 2 aromatic rings. The molecule has 24 heavy (non-hydrogen) atoms. The van der Waals surface area contributed by atoms with Crippen molar-refractivity contribution < 1.29 is 9.90 Å². The van der Waals surface area contributed by atoms with Crippen LogP contribution in [0.5, 0.6) is 0 Å². The Labute approximate surface area is 147 Å². The molecule has 6 nitrogen and oxygen atoms in total. The third kappa shape index (κ3) is 4.97. The third-order valence-corrected chi connectivity index (χ3v) is 4.18. The van der Waals surface area contributed by atoms with Gasteiger partial charge in [0, 0.05) is 49.6 Å². The molecule has 1 aromatic carbocycles. The van der Waals surface area contributed by atoms with Crippen molar-refractivity contribution in [2.45, 2.75) is 26.4 Å². The number of rotatable bonds is 7. The van der Waals surface area contributed by atoms with E-state index in [0.29, 0.717) is 31.1 Å². The maximum absolute atomic E-state index is 12.5. The molecule has 1 aromatic heterocycles. The standard InChI is InChI=1S/C17H23ClN4O2/c1-13-15(11-20-21(13)2)10-19-17(24)22(8-3-9-23)12-14-4-6-16(18)7-5-14/h4-7,11,23H,3,8-10,12H2,1-2H3,(H,19,24). The number of hydrogen-bond acceptors (Lipinski definition) is 3. The lowest BCUT2D eigenvalue weighted by molar-refractivity contribution is 0.186. The first-order chi connectivity index (χ1) is 11.5. The highest BCUT2D eigenvalue weighted by molar-refractivity contribution is 6.30. The Hall–Kier alpha value is -2.05. The molecule has 0 aliphatic heterocycles. The Kier molecular flexibility index (Phi) is 6.63. The van der Waals surface area contributed by atoms with Gasteiger partial charge in [0.05, 0.1) is 6.20 Å². The SMILES string of the molecule is Cc1c(CNC(=O)N(CCCO)Cc2ccc(Cl)cc2)cnn1C. The highest BCUT2D eigenvalue weighted by Crippen LogP contribution is 2.12. The topological polar surface area (TPSA) is 70.4 Å². The van der Waals surface area contributed by atoms with Crippen molar-refractivity contribution >= 4 is 17.6 Å². The largest absolute Gasteiger partial charge is 0.396 e. The average molecular weight is 351 g/mol. The number of aliphatic hydroxyl groups is 1. The molecule has 2 rings (SSSR count). The second kappa shape index (κ2) is 8.70. The van der Waals surface area contributed by atoms with E-state index in [-0.39, 0.29) is 12.6 Å². The summed E-state index contributed by atoms with van der Waals surface area (Å²) in [6, 6.07) is 7.23. The van der Waals surface area contributed by atoms with Gasteiger partial charge in [0.2, 0.25) is 0 Å².